The van der Waals surface area contributed by atoms with Gasteiger partial charge in [-0.1, -0.05) is 0 Å². The summed E-state index contributed by atoms with van der Waals surface area (Å²) in [6, 6.07) is 1.56. The van der Waals surface area contributed by atoms with Crippen molar-refractivity contribution in [3.05, 3.63) is 12.4 Å². The number of amides is 2. The molecule has 0 aliphatic carbocycles. The standard InChI is InChI=1S/C9H10N6O2/c1-5(16)12-7-3-8-10-4-11-15(8)9(14-7)13-6(2)17/h3-4H,1-2H3,(H,12,16)(H,13,14,17). The van der Waals surface area contributed by atoms with Crippen LogP contribution >= 0.6 is 0 Å². The SMILES string of the molecule is CC(=O)Nc1cc2ncnn2c(NC(C)=O)n1. The van der Waals surface area contributed by atoms with Gasteiger partial charge in [-0.25, -0.2) is 4.98 Å². The molecule has 0 aliphatic rings. The van der Waals surface area contributed by atoms with Crippen molar-refractivity contribution in [1.29, 1.82) is 0 Å². The van der Waals surface area contributed by atoms with E-state index in [4.69, 9.17) is 0 Å². The molecule has 0 fully saturated rings. The van der Waals surface area contributed by atoms with Crippen LogP contribution in [-0.2, 0) is 9.59 Å². The molecule has 8 heteroatoms. The molecule has 0 aromatic carbocycles. The van der Waals surface area contributed by atoms with E-state index in [0.29, 0.717) is 11.5 Å². The fraction of sp³-hybridized carbons (Fsp3) is 0.222. The van der Waals surface area contributed by atoms with E-state index in [1.807, 2.05) is 0 Å². The van der Waals surface area contributed by atoms with Crippen LogP contribution in [0.2, 0.25) is 0 Å². The smallest absolute Gasteiger partial charge is 0.234 e. The molecule has 0 bridgehead atoms. The minimum Gasteiger partial charge on any atom is -0.311 e. The minimum atomic E-state index is -0.283. The Morgan fingerprint density at radius 2 is 1.94 bits per heavy atom. The highest BCUT2D eigenvalue weighted by Gasteiger charge is 2.09. The summed E-state index contributed by atoms with van der Waals surface area (Å²) >= 11 is 0. The van der Waals surface area contributed by atoms with Crippen molar-refractivity contribution in [3.63, 3.8) is 0 Å². The van der Waals surface area contributed by atoms with Crippen LogP contribution in [0.25, 0.3) is 5.65 Å². The van der Waals surface area contributed by atoms with Crippen molar-refractivity contribution in [2.45, 2.75) is 13.8 Å². The van der Waals surface area contributed by atoms with Crippen molar-refractivity contribution in [2.75, 3.05) is 10.6 Å². The number of carbonyl (C=O) groups excluding carboxylic acids is 2. The first-order valence-corrected chi connectivity index (χ1v) is 4.82. The Bertz CT molecular complexity index is 590. The van der Waals surface area contributed by atoms with Crippen LogP contribution < -0.4 is 10.6 Å². The van der Waals surface area contributed by atoms with E-state index in [-0.39, 0.29) is 17.8 Å². The fourth-order valence-corrected chi connectivity index (χ4v) is 1.31. The molecule has 2 N–H and O–H groups in total. The third-order valence-corrected chi connectivity index (χ3v) is 1.86. The molecular weight excluding hydrogens is 224 g/mol. The Labute approximate surface area is 96.1 Å². The topological polar surface area (TPSA) is 101 Å². The number of fused-ring (bicyclic) bond motifs is 1. The minimum absolute atomic E-state index is 0.205. The van der Waals surface area contributed by atoms with Crippen LogP contribution in [0.3, 0.4) is 0 Å². The van der Waals surface area contributed by atoms with Crippen LogP contribution in [0.5, 0.6) is 0 Å². The van der Waals surface area contributed by atoms with Crippen molar-refractivity contribution in [3.8, 4) is 0 Å². The van der Waals surface area contributed by atoms with Crippen LogP contribution in [0.15, 0.2) is 12.4 Å². The summed E-state index contributed by atoms with van der Waals surface area (Å²) in [5.74, 6) is -0.0255. The lowest BCUT2D eigenvalue weighted by Crippen LogP contribution is -2.15. The lowest BCUT2D eigenvalue weighted by molar-refractivity contribution is -0.115. The quantitative estimate of drug-likeness (QED) is 0.764. The second-order valence-electron chi connectivity index (χ2n) is 3.36. The van der Waals surface area contributed by atoms with E-state index in [1.165, 1.54) is 24.7 Å². The normalized spacial score (nSPS) is 10.2. The molecule has 0 spiro atoms. The molecule has 2 rings (SSSR count). The molecule has 17 heavy (non-hydrogen) atoms. The Hall–Kier alpha value is -2.51. The largest absolute Gasteiger partial charge is 0.311 e. The van der Waals surface area contributed by atoms with Gasteiger partial charge in [0.1, 0.15) is 12.1 Å². The summed E-state index contributed by atoms with van der Waals surface area (Å²) in [7, 11) is 0. The summed E-state index contributed by atoms with van der Waals surface area (Å²) in [6.45, 7) is 2.73. The van der Waals surface area contributed by atoms with Crippen LogP contribution in [0, 0.1) is 0 Å². The Balaban J connectivity index is 2.50. The van der Waals surface area contributed by atoms with Crippen molar-refractivity contribution in [1.82, 2.24) is 19.6 Å². The molecular formula is C9H10N6O2. The summed E-state index contributed by atoms with van der Waals surface area (Å²) in [5.41, 5.74) is 0.479. The van der Waals surface area contributed by atoms with E-state index >= 15 is 0 Å². The van der Waals surface area contributed by atoms with Gasteiger partial charge in [0.05, 0.1) is 0 Å². The highest BCUT2D eigenvalue weighted by Crippen LogP contribution is 2.12. The van der Waals surface area contributed by atoms with E-state index in [0.717, 1.165) is 0 Å². The van der Waals surface area contributed by atoms with Gasteiger partial charge in [0.2, 0.25) is 17.8 Å². The molecule has 0 saturated heterocycles. The Morgan fingerprint density at radius 3 is 2.59 bits per heavy atom. The third-order valence-electron chi connectivity index (χ3n) is 1.86. The number of rotatable bonds is 2. The van der Waals surface area contributed by atoms with Crippen LogP contribution in [0.1, 0.15) is 13.8 Å². The lowest BCUT2D eigenvalue weighted by atomic mass is 10.5. The first kappa shape index (κ1) is 11.0. The van der Waals surface area contributed by atoms with E-state index in [9.17, 15) is 9.59 Å². The Morgan fingerprint density at radius 1 is 1.24 bits per heavy atom. The maximum Gasteiger partial charge on any atom is 0.234 e. The third kappa shape index (κ3) is 2.36. The summed E-state index contributed by atoms with van der Waals surface area (Å²) in [4.78, 5) is 30.0. The lowest BCUT2D eigenvalue weighted by Gasteiger charge is -2.06. The van der Waals surface area contributed by atoms with Gasteiger partial charge in [0.25, 0.3) is 0 Å². The zero-order chi connectivity index (χ0) is 12.4. The van der Waals surface area contributed by atoms with Crippen molar-refractivity contribution in [2.24, 2.45) is 0 Å². The van der Waals surface area contributed by atoms with Gasteiger partial charge in [-0.05, 0) is 0 Å². The van der Waals surface area contributed by atoms with Crippen LogP contribution in [0.4, 0.5) is 11.8 Å². The van der Waals surface area contributed by atoms with Crippen molar-refractivity contribution < 1.29 is 9.59 Å². The summed E-state index contributed by atoms with van der Waals surface area (Å²) < 4.78 is 1.37. The second kappa shape index (κ2) is 4.16. The van der Waals surface area contributed by atoms with Crippen LogP contribution in [-0.4, -0.2) is 31.4 Å². The molecule has 0 radical (unpaired) electrons. The zero-order valence-electron chi connectivity index (χ0n) is 9.26. The highest BCUT2D eigenvalue weighted by molar-refractivity contribution is 5.90. The number of anilines is 2. The first-order chi connectivity index (χ1) is 8.06. The number of hydrogen-bond acceptors (Lipinski definition) is 5. The van der Waals surface area contributed by atoms with Gasteiger partial charge < -0.3 is 5.32 Å². The maximum atomic E-state index is 11.0. The second-order valence-corrected chi connectivity index (χ2v) is 3.36. The van der Waals surface area contributed by atoms with Gasteiger partial charge in [0, 0.05) is 19.9 Å². The highest BCUT2D eigenvalue weighted by atomic mass is 16.2. The average Bonchev–Trinajstić information content (AvgIpc) is 2.63. The number of aromatic nitrogens is 4. The van der Waals surface area contributed by atoms with E-state index in [2.05, 4.69) is 25.7 Å². The molecule has 2 aromatic rings. The van der Waals surface area contributed by atoms with E-state index in [1.54, 1.807) is 6.07 Å². The molecule has 2 aromatic heterocycles. The molecule has 0 atom stereocenters. The molecule has 88 valence electrons. The molecule has 8 nitrogen and oxygen atoms in total. The molecule has 0 aliphatic heterocycles. The molecule has 0 saturated carbocycles. The van der Waals surface area contributed by atoms with Gasteiger partial charge in [-0.15, -0.1) is 0 Å². The van der Waals surface area contributed by atoms with Gasteiger partial charge >= 0.3 is 0 Å². The number of hydrogen-bond donors (Lipinski definition) is 2. The first-order valence-electron chi connectivity index (χ1n) is 4.82. The van der Waals surface area contributed by atoms with Gasteiger partial charge in [-0.3, -0.25) is 14.9 Å². The molecule has 2 heterocycles. The number of nitrogens with zero attached hydrogens (tertiary/aromatic N) is 4. The summed E-state index contributed by atoms with van der Waals surface area (Å²) in [6.07, 6.45) is 1.33. The predicted octanol–water partition coefficient (Wildman–Crippen LogP) is 0.0411. The number of nitrogens with one attached hydrogen (secondary N) is 2. The van der Waals surface area contributed by atoms with E-state index < -0.39 is 0 Å². The Kier molecular flexibility index (Phi) is 2.69. The van der Waals surface area contributed by atoms with Gasteiger partial charge in [0.15, 0.2) is 5.65 Å². The molecule has 0 unspecified atom stereocenters. The number of carbonyl (C=O) groups is 2. The molecule has 2 amide bonds. The van der Waals surface area contributed by atoms with Gasteiger partial charge in [-0.2, -0.15) is 14.6 Å². The average molecular weight is 234 g/mol. The monoisotopic (exact) mass is 234 g/mol. The maximum absolute atomic E-state index is 11.0. The zero-order valence-corrected chi connectivity index (χ0v) is 9.26. The summed E-state index contributed by atoms with van der Waals surface area (Å²) in [5, 5.41) is 8.93. The predicted molar refractivity (Wildman–Crippen MR) is 59.4 cm³/mol. The van der Waals surface area contributed by atoms with Crippen molar-refractivity contribution >= 4 is 29.2 Å². The fourth-order valence-electron chi connectivity index (χ4n) is 1.31.